The van der Waals surface area contributed by atoms with Crippen molar-refractivity contribution < 1.29 is 27.6 Å². The van der Waals surface area contributed by atoms with Gasteiger partial charge in [0.15, 0.2) is 0 Å². The second-order valence-electron chi connectivity index (χ2n) is 6.91. The highest BCUT2D eigenvalue weighted by Crippen LogP contribution is 2.26. The number of carbonyl (C=O) groups excluding carboxylic acids is 2. The van der Waals surface area contributed by atoms with Crippen LogP contribution in [0.1, 0.15) is 31.7 Å². The standard InChI is InChI=1S/C20H19ClF2N4O4/c1-20(22,23)30-14-8-4-11(5-9-14)17-26-19(31-27-17)15(10-16(24)28)25-18(29)12-2-6-13(21)7-3-12/h2,4-9,12,15H,3,10H2,1H3,(H2,24,28)(H,25,29)/t12?,15-/m0/s1. The van der Waals surface area contributed by atoms with E-state index < -0.39 is 24.0 Å². The maximum atomic E-state index is 12.9. The number of benzene rings is 1. The van der Waals surface area contributed by atoms with E-state index in [-0.39, 0.29) is 29.8 Å². The van der Waals surface area contributed by atoms with Crippen LogP contribution in [0.2, 0.25) is 0 Å². The minimum atomic E-state index is -3.31. The fourth-order valence-electron chi connectivity index (χ4n) is 2.84. The summed E-state index contributed by atoms with van der Waals surface area (Å²) < 4.78 is 35.6. The highest BCUT2D eigenvalue weighted by atomic mass is 35.5. The molecule has 0 bridgehead atoms. The van der Waals surface area contributed by atoms with Crippen LogP contribution in [0.25, 0.3) is 11.4 Å². The first kappa shape index (κ1) is 22.4. The Morgan fingerprint density at radius 1 is 1.39 bits per heavy atom. The van der Waals surface area contributed by atoms with Gasteiger partial charge in [0, 0.05) is 17.5 Å². The van der Waals surface area contributed by atoms with Gasteiger partial charge in [0.2, 0.25) is 23.5 Å². The van der Waals surface area contributed by atoms with Crippen LogP contribution in [-0.2, 0) is 9.59 Å². The van der Waals surface area contributed by atoms with E-state index in [0.29, 0.717) is 23.9 Å². The number of nitrogens with one attached hydrogen (secondary N) is 1. The number of carbonyl (C=O) groups is 2. The van der Waals surface area contributed by atoms with E-state index in [2.05, 4.69) is 20.2 Å². The number of hydrogen-bond donors (Lipinski definition) is 2. The van der Waals surface area contributed by atoms with Crippen LogP contribution in [0.15, 0.2) is 52.0 Å². The van der Waals surface area contributed by atoms with Gasteiger partial charge in [-0.15, -0.1) is 0 Å². The Hall–Kier alpha value is -3.27. The van der Waals surface area contributed by atoms with Crippen LogP contribution in [0.5, 0.6) is 5.75 Å². The van der Waals surface area contributed by atoms with E-state index in [1.807, 2.05) is 0 Å². The van der Waals surface area contributed by atoms with E-state index in [4.69, 9.17) is 21.9 Å². The molecule has 0 saturated carbocycles. The van der Waals surface area contributed by atoms with Gasteiger partial charge in [-0.1, -0.05) is 28.9 Å². The minimum Gasteiger partial charge on any atom is -0.433 e. The average Bonchev–Trinajstić information content (AvgIpc) is 3.17. The highest BCUT2D eigenvalue weighted by Gasteiger charge is 2.27. The number of alkyl halides is 2. The van der Waals surface area contributed by atoms with Crippen molar-refractivity contribution in [2.24, 2.45) is 11.7 Å². The van der Waals surface area contributed by atoms with Crippen molar-refractivity contribution in [3.63, 3.8) is 0 Å². The predicted octanol–water partition coefficient (Wildman–Crippen LogP) is 3.46. The zero-order valence-electron chi connectivity index (χ0n) is 16.3. The first-order chi connectivity index (χ1) is 14.6. The molecule has 2 amide bonds. The number of aromatic nitrogens is 2. The Morgan fingerprint density at radius 2 is 2.10 bits per heavy atom. The normalized spacial score (nSPS) is 17.0. The molecule has 1 aromatic carbocycles. The van der Waals surface area contributed by atoms with Gasteiger partial charge in [0.25, 0.3) is 0 Å². The number of amides is 2. The molecular weight excluding hydrogens is 434 g/mol. The number of nitrogens with two attached hydrogens (primary N) is 1. The number of nitrogens with zero attached hydrogens (tertiary/aromatic N) is 2. The van der Waals surface area contributed by atoms with Gasteiger partial charge >= 0.3 is 6.11 Å². The lowest BCUT2D eigenvalue weighted by Gasteiger charge is -2.18. The molecule has 1 aliphatic carbocycles. The molecule has 0 fully saturated rings. The number of rotatable bonds is 8. The Morgan fingerprint density at radius 3 is 2.68 bits per heavy atom. The molecule has 1 aromatic heterocycles. The molecule has 31 heavy (non-hydrogen) atoms. The number of halogens is 3. The summed E-state index contributed by atoms with van der Waals surface area (Å²) in [5, 5.41) is 7.06. The largest absolute Gasteiger partial charge is 0.433 e. The van der Waals surface area contributed by atoms with Gasteiger partial charge in [0.1, 0.15) is 11.8 Å². The Labute approximate surface area is 181 Å². The molecule has 0 spiro atoms. The van der Waals surface area contributed by atoms with E-state index >= 15 is 0 Å². The molecule has 0 aliphatic heterocycles. The molecule has 1 aliphatic rings. The SMILES string of the molecule is CC(F)(F)Oc1ccc(-c2noc([C@H](CC(N)=O)NC(=O)C3C=CC(Cl)=CC3)n2)cc1. The summed E-state index contributed by atoms with van der Waals surface area (Å²) in [5.74, 6) is -1.41. The van der Waals surface area contributed by atoms with Crippen molar-refractivity contribution >= 4 is 23.4 Å². The van der Waals surface area contributed by atoms with Crippen molar-refractivity contribution in [2.75, 3.05) is 0 Å². The van der Waals surface area contributed by atoms with Crippen LogP contribution in [0.4, 0.5) is 8.78 Å². The minimum absolute atomic E-state index is 0.0177. The van der Waals surface area contributed by atoms with Gasteiger partial charge in [-0.2, -0.15) is 13.8 Å². The topological polar surface area (TPSA) is 120 Å². The summed E-state index contributed by atoms with van der Waals surface area (Å²) in [6.07, 6.45) is 1.83. The molecule has 1 unspecified atom stereocenters. The van der Waals surface area contributed by atoms with Crippen molar-refractivity contribution in [2.45, 2.75) is 31.9 Å². The zero-order chi connectivity index (χ0) is 22.6. The Balaban J connectivity index is 1.74. The summed E-state index contributed by atoms with van der Waals surface area (Å²) in [6.45, 7) is 0.632. The van der Waals surface area contributed by atoms with Crippen LogP contribution in [-0.4, -0.2) is 28.1 Å². The summed E-state index contributed by atoms with van der Waals surface area (Å²) in [4.78, 5) is 28.2. The van der Waals surface area contributed by atoms with Crippen molar-refractivity contribution in [1.82, 2.24) is 15.5 Å². The molecule has 164 valence electrons. The van der Waals surface area contributed by atoms with Crippen LogP contribution in [0.3, 0.4) is 0 Å². The molecule has 0 radical (unpaired) electrons. The number of allylic oxidation sites excluding steroid dienone is 3. The second kappa shape index (κ2) is 9.25. The highest BCUT2D eigenvalue weighted by molar-refractivity contribution is 6.31. The van der Waals surface area contributed by atoms with Gasteiger partial charge in [-0.25, -0.2) is 0 Å². The second-order valence-corrected chi connectivity index (χ2v) is 7.35. The third-order valence-electron chi connectivity index (χ3n) is 4.26. The molecule has 1 heterocycles. The summed E-state index contributed by atoms with van der Waals surface area (Å²) in [5.41, 5.74) is 5.75. The summed E-state index contributed by atoms with van der Waals surface area (Å²) >= 11 is 5.86. The summed E-state index contributed by atoms with van der Waals surface area (Å²) in [6, 6.07) is 4.68. The molecule has 2 atom stereocenters. The number of hydrogen-bond acceptors (Lipinski definition) is 6. The maximum Gasteiger partial charge on any atom is 0.394 e. The molecule has 8 nitrogen and oxygen atoms in total. The van der Waals surface area contributed by atoms with Gasteiger partial charge < -0.3 is 20.3 Å². The average molecular weight is 453 g/mol. The smallest absolute Gasteiger partial charge is 0.394 e. The lowest BCUT2D eigenvalue weighted by Crippen LogP contribution is -2.35. The number of primary amides is 1. The van der Waals surface area contributed by atoms with Gasteiger partial charge in [0.05, 0.1) is 12.3 Å². The van der Waals surface area contributed by atoms with E-state index in [0.717, 1.165) is 0 Å². The van der Waals surface area contributed by atoms with Crippen molar-refractivity contribution in [3.05, 3.63) is 53.4 Å². The van der Waals surface area contributed by atoms with E-state index in [1.54, 1.807) is 18.2 Å². The first-order valence-corrected chi connectivity index (χ1v) is 9.62. The van der Waals surface area contributed by atoms with Gasteiger partial charge in [-0.3, -0.25) is 9.59 Å². The lowest BCUT2D eigenvalue weighted by molar-refractivity contribution is -0.159. The Kier molecular flexibility index (Phi) is 6.69. The maximum absolute atomic E-state index is 12.9. The third-order valence-corrected chi connectivity index (χ3v) is 4.54. The Bertz CT molecular complexity index is 1010. The first-order valence-electron chi connectivity index (χ1n) is 9.24. The molecule has 3 rings (SSSR count). The van der Waals surface area contributed by atoms with Crippen LogP contribution >= 0.6 is 11.6 Å². The summed E-state index contributed by atoms with van der Waals surface area (Å²) in [7, 11) is 0. The van der Waals surface area contributed by atoms with Crippen molar-refractivity contribution in [3.8, 4) is 17.1 Å². The lowest BCUT2D eigenvalue weighted by atomic mass is 9.99. The molecule has 2 aromatic rings. The zero-order valence-corrected chi connectivity index (χ0v) is 17.1. The fraction of sp³-hybridized carbons (Fsp3) is 0.300. The molecule has 11 heteroatoms. The molecular formula is C20H19ClF2N4O4. The fourth-order valence-corrected chi connectivity index (χ4v) is 3.00. The monoisotopic (exact) mass is 452 g/mol. The van der Waals surface area contributed by atoms with E-state index in [1.165, 1.54) is 24.3 Å². The molecule has 0 saturated heterocycles. The predicted molar refractivity (Wildman–Crippen MR) is 107 cm³/mol. The van der Waals surface area contributed by atoms with Crippen molar-refractivity contribution in [1.29, 1.82) is 0 Å². The van der Waals surface area contributed by atoms with Crippen LogP contribution in [0, 0.1) is 5.92 Å². The third kappa shape index (κ3) is 6.35. The van der Waals surface area contributed by atoms with Gasteiger partial charge in [-0.05, 0) is 36.8 Å². The van der Waals surface area contributed by atoms with E-state index in [9.17, 15) is 18.4 Å². The quantitative estimate of drug-likeness (QED) is 0.632. The number of ether oxygens (including phenoxy) is 1. The van der Waals surface area contributed by atoms with Crippen LogP contribution < -0.4 is 15.8 Å². The molecule has 3 N–H and O–H groups in total.